The normalized spacial score (nSPS) is 12.4. The number of carbonyl (C=O) groups excluding carboxylic acids is 1. The summed E-state index contributed by atoms with van der Waals surface area (Å²) >= 11 is 1.25. The molecule has 0 bridgehead atoms. The Hall–Kier alpha value is -3.27. The lowest BCUT2D eigenvalue weighted by atomic mass is 10.2. The van der Waals surface area contributed by atoms with E-state index in [0.29, 0.717) is 39.5 Å². The van der Waals surface area contributed by atoms with Crippen LogP contribution in [0.1, 0.15) is 12.5 Å². The van der Waals surface area contributed by atoms with Crippen molar-refractivity contribution in [1.82, 2.24) is 14.1 Å². The standard InChI is InChI=1S/C20H20N4O5S/c1-4-11-8-21-18-16(19(26)24(3)20(27)23(18)2)17(11)30-9-15(25)22-12-5-6-13-14(7-12)29-10-28-13/h5-8H,4,9-10H2,1-3H3,(H,22,25). The SMILES string of the molecule is CCc1cnc2c(c1SCC(=O)Nc1ccc3c(c1)OCO3)c(=O)n(C)c(=O)n2C. The molecule has 30 heavy (non-hydrogen) atoms. The number of fused-ring (bicyclic) bond motifs is 2. The monoisotopic (exact) mass is 428 g/mol. The molecule has 1 amide bonds. The molecule has 0 saturated carbocycles. The second-order valence-electron chi connectivity index (χ2n) is 6.78. The van der Waals surface area contributed by atoms with Crippen molar-refractivity contribution < 1.29 is 14.3 Å². The van der Waals surface area contributed by atoms with Crippen molar-refractivity contribution in [3.8, 4) is 11.5 Å². The fourth-order valence-electron chi connectivity index (χ4n) is 3.27. The summed E-state index contributed by atoms with van der Waals surface area (Å²) in [6, 6.07) is 5.18. The summed E-state index contributed by atoms with van der Waals surface area (Å²) in [5.41, 5.74) is 0.881. The van der Waals surface area contributed by atoms with E-state index in [4.69, 9.17) is 9.47 Å². The Morgan fingerprint density at radius 3 is 2.73 bits per heavy atom. The smallest absolute Gasteiger partial charge is 0.332 e. The van der Waals surface area contributed by atoms with Crippen LogP contribution in [-0.4, -0.2) is 32.6 Å². The molecule has 9 nitrogen and oxygen atoms in total. The number of nitrogens with one attached hydrogen (secondary N) is 1. The molecule has 1 aliphatic heterocycles. The number of hydrogen-bond acceptors (Lipinski definition) is 7. The van der Waals surface area contributed by atoms with Gasteiger partial charge in [0.25, 0.3) is 5.56 Å². The number of nitrogens with zero attached hydrogens (tertiary/aromatic N) is 3. The Balaban J connectivity index is 1.62. The lowest BCUT2D eigenvalue weighted by Crippen LogP contribution is -2.37. The van der Waals surface area contributed by atoms with Crippen LogP contribution >= 0.6 is 11.8 Å². The number of rotatable bonds is 5. The number of thioether (sulfide) groups is 1. The molecule has 0 aliphatic carbocycles. The van der Waals surface area contributed by atoms with Crippen molar-refractivity contribution >= 4 is 34.4 Å². The maximum Gasteiger partial charge on any atom is 0.332 e. The highest BCUT2D eigenvalue weighted by molar-refractivity contribution is 8.00. The minimum atomic E-state index is -0.444. The molecule has 156 valence electrons. The zero-order valence-electron chi connectivity index (χ0n) is 16.7. The Labute approximate surface area is 175 Å². The molecule has 0 fully saturated rings. The Bertz CT molecular complexity index is 1280. The van der Waals surface area contributed by atoms with Crippen LogP contribution in [0.3, 0.4) is 0 Å². The van der Waals surface area contributed by atoms with Crippen LogP contribution in [0.5, 0.6) is 11.5 Å². The molecule has 3 aromatic rings. The van der Waals surface area contributed by atoms with Crippen molar-refractivity contribution in [3.63, 3.8) is 0 Å². The molecule has 0 saturated heterocycles. The van der Waals surface area contributed by atoms with E-state index < -0.39 is 11.2 Å². The molecule has 0 radical (unpaired) electrons. The number of aryl methyl sites for hydroxylation is 2. The molecule has 0 atom stereocenters. The Kier molecular flexibility index (Phi) is 5.25. The van der Waals surface area contributed by atoms with E-state index in [-0.39, 0.29) is 18.5 Å². The molecular formula is C20H20N4O5S. The van der Waals surface area contributed by atoms with Crippen molar-refractivity contribution in [2.75, 3.05) is 17.9 Å². The average Bonchev–Trinajstić information content (AvgIpc) is 3.21. The third-order valence-corrected chi connectivity index (χ3v) is 6.04. The van der Waals surface area contributed by atoms with Gasteiger partial charge in [0.2, 0.25) is 12.7 Å². The van der Waals surface area contributed by atoms with Gasteiger partial charge in [-0.2, -0.15) is 0 Å². The predicted octanol–water partition coefficient (Wildman–Crippen LogP) is 1.65. The number of pyridine rings is 1. The molecule has 0 unspecified atom stereocenters. The summed E-state index contributed by atoms with van der Waals surface area (Å²) in [6.45, 7) is 2.11. The summed E-state index contributed by atoms with van der Waals surface area (Å²) in [5.74, 6) is 1.08. The van der Waals surface area contributed by atoms with Crippen molar-refractivity contribution in [2.24, 2.45) is 14.1 Å². The summed E-state index contributed by atoms with van der Waals surface area (Å²) in [4.78, 5) is 42.5. The molecular weight excluding hydrogens is 408 g/mol. The van der Waals surface area contributed by atoms with Gasteiger partial charge < -0.3 is 14.8 Å². The van der Waals surface area contributed by atoms with Gasteiger partial charge in [-0.05, 0) is 24.1 Å². The second kappa shape index (κ2) is 7.86. The number of hydrogen-bond donors (Lipinski definition) is 1. The van der Waals surface area contributed by atoms with Gasteiger partial charge >= 0.3 is 5.69 Å². The lowest BCUT2D eigenvalue weighted by molar-refractivity contribution is -0.113. The molecule has 3 heterocycles. The van der Waals surface area contributed by atoms with Crippen LogP contribution in [-0.2, 0) is 25.3 Å². The van der Waals surface area contributed by atoms with E-state index in [1.54, 1.807) is 31.4 Å². The average molecular weight is 428 g/mol. The number of amides is 1. The minimum Gasteiger partial charge on any atom is -0.454 e. The van der Waals surface area contributed by atoms with Gasteiger partial charge in [-0.3, -0.25) is 18.7 Å². The molecule has 2 aromatic heterocycles. The fourth-order valence-corrected chi connectivity index (χ4v) is 4.32. The molecule has 1 aliphatic rings. The highest BCUT2D eigenvalue weighted by Crippen LogP contribution is 2.34. The molecule has 0 spiro atoms. The number of aromatic nitrogens is 3. The summed E-state index contributed by atoms with van der Waals surface area (Å²) in [6.07, 6.45) is 2.29. The van der Waals surface area contributed by atoms with Crippen LogP contribution in [0.4, 0.5) is 5.69 Å². The van der Waals surface area contributed by atoms with Gasteiger partial charge in [-0.25, -0.2) is 9.78 Å². The maximum atomic E-state index is 12.8. The minimum absolute atomic E-state index is 0.0898. The van der Waals surface area contributed by atoms with Crippen molar-refractivity contribution in [1.29, 1.82) is 0 Å². The van der Waals surface area contributed by atoms with Crippen molar-refractivity contribution in [3.05, 3.63) is 50.8 Å². The van der Waals surface area contributed by atoms with Crippen LogP contribution in [0.2, 0.25) is 0 Å². The van der Waals surface area contributed by atoms with Crippen LogP contribution < -0.4 is 26.0 Å². The van der Waals surface area contributed by atoms with Gasteiger partial charge in [0.05, 0.1) is 11.1 Å². The number of ether oxygens (including phenoxy) is 2. The fraction of sp³-hybridized carbons (Fsp3) is 0.300. The Morgan fingerprint density at radius 2 is 1.97 bits per heavy atom. The number of carbonyl (C=O) groups is 1. The second-order valence-corrected chi connectivity index (χ2v) is 7.76. The van der Waals surface area contributed by atoms with Gasteiger partial charge in [0.15, 0.2) is 11.5 Å². The quantitative estimate of drug-likeness (QED) is 0.616. The first-order valence-corrected chi connectivity index (χ1v) is 10.3. The van der Waals surface area contributed by atoms with Gasteiger partial charge in [0, 0.05) is 36.9 Å². The molecule has 4 rings (SSSR count). The van der Waals surface area contributed by atoms with E-state index >= 15 is 0 Å². The van der Waals surface area contributed by atoms with Crippen LogP contribution in [0, 0.1) is 0 Å². The van der Waals surface area contributed by atoms with E-state index in [2.05, 4.69) is 10.3 Å². The van der Waals surface area contributed by atoms with E-state index in [0.717, 1.165) is 10.1 Å². The topological polar surface area (TPSA) is 104 Å². The molecule has 1 N–H and O–H groups in total. The lowest BCUT2D eigenvalue weighted by Gasteiger charge is -2.13. The van der Waals surface area contributed by atoms with Crippen molar-refractivity contribution in [2.45, 2.75) is 18.2 Å². The van der Waals surface area contributed by atoms with Crippen LogP contribution in [0.25, 0.3) is 11.0 Å². The highest BCUT2D eigenvalue weighted by atomic mass is 32.2. The number of anilines is 1. The third-order valence-electron chi connectivity index (χ3n) is 4.88. The number of benzene rings is 1. The van der Waals surface area contributed by atoms with E-state index in [9.17, 15) is 14.4 Å². The first-order chi connectivity index (χ1) is 14.4. The summed E-state index contributed by atoms with van der Waals surface area (Å²) in [7, 11) is 3.01. The largest absolute Gasteiger partial charge is 0.454 e. The van der Waals surface area contributed by atoms with Gasteiger partial charge in [0.1, 0.15) is 5.65 Å². The zero-order chi connectivity index (χ0) is 21.4. The van der Waals surface area contributed by atoms with Crippen LogP contribution in [0.15, 0.2) is 38.9 Å². The molecule has 10 heteroatoms. The van der Waals surface area contributed by atoms with E-state index in [1.807, 2.05) is 6.92 Å². The Morgan fingerprint density at radius 1 is 1.20 bits per heavy atom. The zero-order valence-corrected chi connectivity index (χ0v) is 17.5. The summed E-state index contributed by atoms with van der Waals surface area (Å²) in [5, 5.41) is 3.17. The maximum absolute atomic E-state index is 12.8. The first kappa shape index (κ1) is 20.0. The molecule has 1 aromatic carbocycles. The summed E-state index contributed by atoms with van der Waals surface area (Å²) < 4.78 is 13.0. The highest BCUT2D eigenvalue weighted by Gasteiger charge is 2.19. The van der Waals surface area contributed by atoms with E-state index in [1.165, 1.54) is 23.4 Å². The third kappa shape index (κ3) is 3.43. The predicted molar refractivity (Wildman–Crippen MR) is 114 cm³/mol. The van der Waals surface area contributed by atoms with Gasteiger partial charge in [-0.1, -0.05) is 6.92 Å². The van der Waals surface area contributed by atoms with Gasteiger partial charge in [-0.15, -0.1) is 11.8 Å². The first-order valence-electron chi connectivity index (χ1n) is 9.30.